The highest BCUT2D eigenvalue weighted by atomic mass is 16.5. The minimum atomic E-state index is -1.01. The highest BCUT2D eigenvalue weighted by Crippen LogP contribution is 2.24. The van der Waals surface area contributed by atoms with E-state index in [0.717, 1.165) is 4.90 Å². The molecule has 0 unspecified atom stereocenters. The molecule has 1 N–H and O–H groups in total. The van der Waals surface area contributed by atoms with E-state index in [4.69, 9.17) is 14.2 Å². The molecule has 1 heterocycles. The lowest BCUT2D eigenvalue weighted by Crippen LogP contribution is -2.37. The predicted molar refractivity (Wildman–Crippen MR) is 98.1 cm³/mol. The van der Waals surface area contributed by atoms with Crippen molar-refractivity contribution in [2.45, 2.75) is 19.4 Å². The zero-order chi connectivity index (χ0) is 20.7. The minimum absolute atomic E-state index is 0.0928. The first-order valence-corrected chi connectivity index (χ1v) is 8.87. The smallest absolute Gasteiger partial charge is 0.338 e. The fraction of sp³-hybridized carbons (Fsp3) is 0.474. The maximum Gasteiger partial charge on any atom is 0.338 e. The highest BCUT2D eigenvalue weighted by molar-refractivity contribution is 6.22. The molecule has 0 aliphatic carbocycles. The van der Waals surface area contributed by atoms with E-state index in [2.05, 4.69) is 5.32 Å². The quantitative estimate of drug-likeness (QED) is 0.353. The number of nitrogens with zero attached hydrogens (tertiary/aromatic N) is 1. The number of fused-ring (bicyclic) bond motifs is 1. The van der Waals surface area contributed by atoms with Crippen LogP contribution in [0.2, 0.25) is 0 Å². The van der Waals surface area contributed by atoms with Crippen molar-refractivity contribution in [3.63, 3.8) is 0 Å². The number of rotatable bonds is 10. The van der Waals surface area contributed by atoms with E-state index in [0.29, 0.717) is 26.2 Å². The Balaban J connectivity index is 2.04. The molecule has 0 fully saturated rings. The third kappa shape index (κ3) is 4.93. The van der Waals surface area contributed by atoms with Crippen LogP contribution >= 0.6 is 0 Å². The first-order valence-electron chi connectivity index (χ1n) is 8.87. The lowest BCUT2D eigenvalue weighted by molar-refractivity contribution is -0.129. The van der Waals surface area contributed by atoms with Gasteiger partial charge in [0.25, 0.3) is 17.7 Å². The molecule has 2 rings (SSSR count). The van der Waals surface area contributed by atoms with Crippen LogP contribution in [0.25, 0.3) is 0 Å². The molecule has 1 aromatic rings. The van der Waals surface area contributed by atoms with Crippen LogP contribution in [0.1, 0.15) is 44.4 Å². The molecule has 0 bridgehead atoms. The molecule has 0 saturated carbocycles. The molecule has 1 atom stereocenters. The normalized spacial score (nSPS) is 14.0. The average Bonchev–Trinajstić information content (AvgIpc) is 2.92. The zero-order valence-electron chi connectivity index (χ0n) is 16.1. The Morgan fingerprint density at radius 2 is 1.75 bits per heavy atom. The van der Waals surface area contributed by atoms with E-state index in [1.54, 1.807) is 7.11 Å². The summed E-state index contributed by atoms with van der Waals surface area (Å²) in [6, 6.07) is 4.15. The van der Waals surface area contributed by atoms with Gasteiger partial charge in [0.2, 0.25) is 0 Å². The fourth-order valence-electron chi connectivity index (χ4n) is 2.69. The highest BCUT2D eigenvalue weighted by Gasteiger charge is 2.35. The summed E-state index contributed by atoms with van der Waals surface area (Å²) in [5, 5.41) is 2.57. The van der Waals surface area contributed by atoms with Gasteiger partial charge >= 0.3 is 5.97 Å². The van der Waals surface area contributed by atoms with Gasteiger partial charge < -0.3 is 19.5 Å². The zero-order valence-corrected chi connectivity index (χ0v) is 16.1. The number of imide groups is 1. The summed E-state index contributed by atoms with van der Waals surface area (Å²) in [4.78, 5) is 50.2. The summed E-state index contributed by atoms with van der Waals surface area (Å²) in [5.41, 5.74) is 0.480. The summed E-state index contributed by atoms with van der Waals surface area (Å²) in [6.45, 7) is 2.74. The lowest BCUT2D eigenvalue weighted by atomic mass is 10.1. The predicted octanol–water partition coefficient (Wildman–Crippen LogP) is 0.627. The van der Waals surface area contributed by atoms with Crippen molar-refractivity contribution in [3.05, 3.63) is 34.9 Å². The number of nitrogens with one attached hydrogen (secondary N) is 1. The molecule has 0 aromatic heterocycles. The lowest BCUT2D eigenvalue weighted by Gasteiger charge is -2.13. The van der Waals surface area contributed by atoms with Crippen LogP contribution in [-0.2, 0) is 19.0 Å². The number of hydrogen-bond acceptors (Lipinski definition) is 7. The molecule has 0 saturated heterocycles. The number of esters is 1. The second-order valence-electron chi connectivity index (χ2n) is 6.20. The number of amides is 3. The number of benzene rings is 1. The van der Waals surface area contributed by atoms with Crippen molar-refractivity contribution in [2.24, 2.45) is 0 Å². The second kappa shape index (κ2) is 9.95. The van der Waals surface area contributed by atoms with Gasteiger partial charge in [-0.2, -0.15) is 0 Å². The monoisotopic (exact) mass is 392 g/mol. The van der Waals surface area contributed by atoms with Crippen LogP contribution in [0, 0.1) is 0 Å². The van der Waals surface area contributed by atoms with Crippen LogP contribution in [0.15, 0.2) is 18.2 Å². The number of ether oxygens (including phenoxy) is 3. The minimum Gasteiger partial charge on any atom is -0.449 e. The molecule has 0 radical (unpaired) electrons. The Kier molecular flexibility index (Phi) is 7.65. The largest absolute Gasteiger partial charge is 0.449 e. The summed E-state index contributed by atoms with van der Waals surface area (Å²) < 4.78 is 14.9. The molecule has 9 nitrogen and oxygen atoms in total. The van der Waals surface area contributed by atoms with Gasteiger partial charge in [0.05, 0.1) is 23.3 Å². The Morgan fingerprint density at radius 1 is 1.07 bits per heavy atom. The maximum absolute atomic E-state index is 12.5. The first-order chi connectivity index (χ1) is 13.4. The van der Waals surface area contributed by atoms with Gasteiger partial charge in [-0.1, -0.05) is 0 Å². The van der Waals surface area contributed by atoms with Crippen LogP contribution < -0.4 is 5.32 Å². The molecule has 28 heavy (non-hydrogen) atoms. The van der Waals surface area contributed by atoms with Gasteiger partial charge in [-0.3, -0.25) is 19.3 Å². The van der Waals surface area contributed by atoms with Crippen LogP contribution in [0.4, 0.5) is 0 Å². The number of carbonyl (C=O) groups is 4. The van der Waals surface area contributed by atoms with Crippen LogP contribution in [0.5, 0.6) is 0 Å². The van der Waals surface area contributed by atoms with E-state index in [9.17, 15) is 19.2 Å². The van der Waals surface area contributed by atoms with Crippen molar-refractivity contribution in [2.75, 3.05) is 40.5 Å². The number of carbonyl (C=O) groups excluding carboxylic acids is 4. The van der Waals surface area contributed by atoms with Gasteiger partial charge in [-0.15, -0.1) is 0 Å². The van der Waals surface area contributed by atoms with Crippen molar-refractivity contribution in [1.82, 2.24) is 10.2 Å². The summed E-state index contributed by atoms with van der Waals surface area (Å²) in [6.07, 6.45) is -0.493. The van der Waals surface area contributed by atoms with Gasteiger partial charge in [0.15, 0.2) is 6.10 Å². The van der Waals surface area contributed by atoms with Gasteiger partial charge in [0, 0.05) is 33.9 Å². The number of methoxy groups -OCH3 is 2. The van der Waals surface area contributed by atoms with E-state index >= 15 is 0 Å². The summed E-state index contributed by atoms with van der Waals surface area (Å²) in [7, 11) is 3.05. The molecular weight excluding hydrogens is 368 g/mol. The van der Waals surface area contributed by atoms with E-state index in [1.807, 2.05) is 0 Å². The van der Waals surface area contributed by atoms with Gasteiger partial charge in [0.1, 0.15) is 0 Å². The third-order valence-electron chi connectivity index (χ3n) is 4.20. The molecule has 152 valence electrons. The van der Waals surface area contributed by atoms with Gasteiger partial charge in [-0.05, 0) is 31.5 Å². The third-order valence-corrected chi connectivity index (χ3v) is 4.20. The van der Waals surface area contributed by atoms with E-state index < -0.39 is 29.8 Å². The molecule has 0 spiro atoms. The molecular formula is C19H24N2O7. The first kappa shape index (κ1) is 21.5. The van der Waals surface area contributed by atoms with Crippen LogP contribution in [0.3, 0.4) is 0 Å². The summed E-state index contributed by atoms with van der Waals surface area (Å²) in [5.74, 6) is -2.07. The Hall–Kier alpha value is -2.78. The molecule has 1 aromatic carbocycles. The maximum atomic E-state index is 12.5. The standard InChI is InChI=1S/C19H24N2O7/c1-12(16(22)20-7-10-27-3)28-19(25)13-5-6-14-15(11-13)18(24)21(17(14)23)8-4-9-26-2/h5-6,11-12H,4,7-10H2,1-3H3,(H,20,22)/t12-/m1/s1. The van der Waals surface area contributed by atoms with Crippen molar-refractivity contribution in [1.29, 1.82) is 0 Å². The SMILES string of the molecule is COCCCN1C(=O)c2ccc(C(=O)O[C@H](C)C(=O)NCCOC)cc2C1=O. The number of hydrogen-bond donors (Lipinski definition) is 1. The second-order valence-corrected chi connectivity index (χ2v) is 6.20. The van der Waals surface area contributed by atoms with Crippen molar-refractivity contribution < 1.29 is 33.4 Å². The fourth-order valence-corrected chi connectivity index (χ4v) is 2.69. The molecule has 1 aliphatic rings. The van der Waals surface area contributed by atoms with Crippen LogP contribution in [-0.4, -0.2) is 75.2 Å². The Bertz CT molecular complexity index is 763. The Labute approximate surface area is 162 Å². The Morgan fingerprint density at radius 3 is 2.43 bits per heavy atom. The molecule has 1 aliphatic heterocycles. The topological polar surface area (TPSA) is 111 Å². The van der Waals surface area contributed by atoms with E-state index in [1.165, 1.54) is 32.2 Å². The van der Waals surface area contributed by atoms with Gasteiger partial charge in [-0.25, -0.2) is 4.79 Å². The van der Waals surface area contributed by atoms with E-state index in [-0.39, 0.29) is 23.2 Å². The molecule has 3 amide bonds. The van der Waals surface area contributed by atoms with Crippen molar-refractivity contribution in [3.8, 4) is 0 Å². The average molecular weight is 392 g/mol. The molecule has 9 heteroatoms. The summed E-state index contributed by atoms with van der Waals surface area (Å²) >= 11 is 0. The van der Waals surface area contributed by atoms with Crippen molar-refractivity contribution >= 4 is 23.7 Å².